The number of morpholine rings is 1. The van der Waals surface area contributed by atoms with Crippen molar-refractivity contribution in [3.8, 4) is 0 Å². The lowest BCUT2D eigenvalue weighted by atomic mass is 10.2. The summed E-state index contributed by atoms with van der Waals surface area (Å²) in [5.74, 6) is 0.825. The summed E-state index contributed by atoms with van der Waals surface area (Å²) in [7, 11) is 1.76. The molecule has 0 aromatic carbocycles. The van der Waals surface area contributed by atoms with Crippen LogP contribution in [0.5, 0.6) is 0 Å². The van der Waals surface area contributed by atoms with Crippen LogP contribution in [0.3, 0.4) is 0 Å². The zero-order chi connectivity index (χ0) is 19.6. The molecule has 2 heterocycles. The first-order valence-corrected chi connectivity index (χ1v) is 10.4. The number of rotatable bonds is 8. The van der Waals surface area contributed by atoms with Gasteiger partial charge < -0.3 is 20.7 Å². The second kappa shape index (κ2) is 13.3. The number of amides is 1. The van der Waals surface area contributed by atoms with Gasteiger partial charge >= 0.3 is 0 Å². The van der Waals surface area contributed by atoms with Gasteiger partial charge in [0.2, 0.25) is 5.91 Å². The van der Waals surface area contributed by atoms with Crippen molar-refractivity contribution in [2.45, 2.75) is 26.8 Å². The minimum Gasteiger partial charge on any atom is -0.379 e. The van der Waals surface area contributed by atoms with Crippen molar-refractivity contribution in [2.75, 3.05) is 53.0 Å². The normalized spacial score (nSPS) is 16.4. The largest absolute Gasteiger partial charge is 0.379 e. The molecule has 1 aliphatic heterocycles. The maximum atomic E-state index is 11.6. The van der Waals surface area contributed by atoms with Crippen molar-refractivity contribution in [1.29, 1.82) is 0 Å². The van der Waals surface area contributed by atoms with Crippen molar-refractivity contribution < 1.29 is 9.53 Å². The van der Waals surface area contributed by atoms with E-state index in [-0.39, 0.29) is 35.8 Å². The highest BCUT2D eigenvalue weighted by Crippen LogP contribution is 2.27. The number of nitrogens with zero attached hydrogens (tertiary/aromatic N) is 2. The van der Waals surface area contributed by atoms with Crippen molar-refractivity contribution >= 4 is 47.2 Å². The van der Waals surface area contributed by atoms with E-state index < -0.39 is 0 Å². The van der Waals surface area contributed by atoms with Crippen molar-refractivity contribution in [1.82, 2.24) is 20.9 Å². The molecule has 1 aromatic rings. The Balaban J connectivity index is 0.00000392. The third kappa shape index (κ3) is 8.22. The summed E-state index contributed by atoms with van der Waals surface area (Å²) in [6.07, 6.45) is 0. The number of nitrogens with one attached hydrogen (secondary N) is 3. The van der Waals surface area contributed by atoms with Crippen LogP contribution >= 0.6 is 35.3 Å². The van der Waals surface area contributed by atoms with E-state index in [2.05, 4.69) is 44.9 Å². The second-order valence-corrected chi connectivity index (χ2v) is 8.26. The quantitative estimate of drug-likeness (QED) is 0.210. The Morgan fingerprint density at radius 1 is 1.21 bits per heavy atom. The van der Waals surface area contributed by atoms with Crippen LogP contribution in [0.1, 0.15) is 29.6 Å². The molecule has 3 N–H and O–H groups in total. The number of aliphatic imine (C=N–C) groups is 1. The van der Waals surface area contributed by atoms with Crippen LogP contribution in [0.2, 0.25) is 0 Å². The van der Waals surface area contributed by atoms with Gasteiger partial charge in [0.25, 0.3) is 0 Å². The molecule has 9 heteroatoms. The van der Waals surface area contributed by atoms with Gasteiger partial charge in [-0.15, -0.1) is 35.3 Å². The molecule has 1 fully saturated rings. The predicted molar refractivity (Wildman–Crippen MR) is 127 cm³/mol. The highest BCUT2D eigenvalue weighted by molar-refractivity contribution is 14.0. The third-order valence-electron chi connectivity index (χ3n) is 4.50. The molecule has 2 rings (SSSR count). The smallest absolute Gasteiger partial charge is 0.222 e. The number of thiophene rings is 1. The van der Waals surface area contributed by atoms with E-state index >= 15 is 0 Å². The molecule has 0 aliphatic carbocycles. The average molecular weight is 523 g/mol. The zero-order valence-electron chi connectivity index (χ0n) is 17.3. The predicted octanol–water partition coefficient (Wildman–Crippen LogP) is 1.99. The molecule has 1 unspecified atom stereocenters. The first-order valence-electron chi connectivity index (χ1n) is 9.61. The number of ether oxygens (including phenoxy) is 1. The van der Waals surface area contributed by atoms with Crippen LogP contribution in [-0.4, -0.2) is 69.8 Å². The van der Waals surface area contributed by atoms with E-state index in [0.29, 0.717) is 19.1 Å². The number of hydrogen-bond donors (Lipinski definition) is 3. The van der Waals surface area contributed by atoms with Gasteiger partial charge in [0.05, 0.1) is 19.3 Å². The van der Waals surface area contributed by atoms with E-state index in [1.165, 1.54) is 9.75 Å². The first kappa shape index (κ1) is 25.1. The highest BCUT2D eigenvalue weighted by Gasteiger charge is 2.24. The van der Waals surface area contributed by atoms with Crippen LogP contribution < -0.4 is 16.0 Å². The number of guanidine groups is 1. The fourth-order valence-corrected chi connectivity index (χ4v) is 3.93. The lowest BCUT2D eigenvalue weighted by Gasteiger charge is -2.34. The Hall–Kier alpha value is -0.910. The summed E-state index contributed by atoms with van der Waals surface area (Å²) in [6, 6.07) is 4.70. The van der Waals surface area contributed by atoms with Gasteiger partial charge in [0.15, 0.2) is 5.96 Å². The molecule has 160 valence electrons. The van der Waals surface area contributed by atoms with Gasteiger partial charge in [0, 0.05) is 55.4 Å². The molecule has 28 heavy (non-hydrogen) atoms. The molecule has 1 amide bonds. The lowest BCUT2D eigenvalue weighted by Crippen LogP contribution is -2.47. The molecule has 1 saturated heterocycles. The second-order valence-electron chi connectivity index (χ2n) is 6.94. The fourth-order valence-electron chi connectivity index (χ4n) is 2.92. The first-order chi connectivity index (χ1) is 13.0. The maximum Gasteiger partial charge on any atom is 0.222 e. The summed E-state index contributed by atoms with van der Waals surface area (Å²) in [5, 5.41) is 9.60. The van der Waals surface area contributed by atoms with Gasteiger partial charge in [-0.1, -0.05) is 13.8 Å². The number of aryl methyl sites for hydroxylation is 1. The van der Waals surface area contributed by atoms with Crippen LogP contribution in [0.25, 0.3) is 0 Å². The van der Waals surface area contributed by atoms with Crippen LogP contribution in [-0.2, 0) is 9.53 Å². The summed E-state index contributed by atoms with van der Waals surface area (Å²) < 4.78 is 5.51. The summed E-state index contributed by atoms with van der Waals surface area (Å²) in [4.78, 5) is 21.1. The van der Waals surface area contributed by atoms with Crippen LogP contribution in [0.15, 0.2) is 17.1 Å². The molecule has 1 atom stereocenters. The van der Waals surface area contributed by atoms with E-state index in [0.717, 1.165) is 38.8 Å². The lowest BCUT2D eigenvalue weighted by molar-refractivity contribution is -0.123. The molecular formula is C19H34IN5O2S. The van der Waals surface area contributed by atoms with Crippen molar-refractivity contribution in [2.24, 2.45) is 10.9 Å². The number of hydrogen-bond acceptors (Lipinski definition) is 5. The monoisotopic (exact) mass is 523 g/mol. The van der Waals surface area contributed by atoms with Gasteiger partial charge in [0.1, 0.15) is 0 Å². The number of halogens is 1. The highest BCUT2D eigenvalue weighted by atomic mass is 127. The standard InChI is InChI=1S/C19H33N5O2S.HI/c1-14(2)18(25)21-7-8-22-19(20-4)23-13-16(17-6-5-15(3)27-17)24-9-11-26-12-10-24;/h5-6,14,16H,7-13H2,1-4H3,(H,21,25)(H2,20,22,23);1H. The third-order valence-corrected chi connectivity index (χ3v) is 5.61. The molecule has 0 bridgehead atoms. The molecule has 1 aliphatic rings. The average Bonchev–Trinajstić information content (AvgIpc) is 3.10. The molecule has 7 nitrogen and oxygen atoms in total. The Bertz CT molecular complexity index is 617. The van der Waals surface area contributed by atoms with Gasteiger partial charge in [-0.25, -0.2) is 0 Å². The Kier molecular flexibility index (Phi) is 12.0. The zero-order valence-corrected chi connectivity index (χ0v) is 20.4. The molecule has 1 aromatic heterocycles. The molecular weight excluding hydrogens is 489 g/mol. The van der Waals surface area contributed by atoms with E-state index in [1.807, 2.05) is 25.2 Å². The minimum absolute atomic E-state index is 0. The molecule has 0 spiro atoms. The Morgan fingerprint density at radius 3 is 2.46 bits per heavy atom. The minimum atomic E-state index is 0. The topological polar surface area (TPSA) is 78.0 Å². The van der Waals surface area contributed by atoms with Crippen LogP contribution in [0, 0.1) is 12.8 Å². The summed E-state index contributed by atoms with van der Waals surface area (Å²) in [6.45, 7) is 11.4. The van der Waals surface area contributed by atoms with E-state index in [4.69, 9.17) is 4.74 Å². The number of carbonyl (C=O) groups is 1. The van der Waals surface area contributed by atoms with Gasteiger partial charge in [-0.3, -0.25) is 14.7 Å². The Morgan fingerprint density at radius 2 is 1.89 bits per heavy atom. The van der Waals surface area contributed by atoms with Crippen molar-refractivity contribution in [3.05, 3.63) is 21.9 Å². The Labute approximate surface area is 189 Å². The maximum absolute atomic E-state index is 11.6. The molecule has 0 saturated carbocycles. The SMILES string of the molecule is CN=C(NCCNC(=O)C(C)C)NCC(c1ccc(C)s1)N1CCOCC1.I. The summed E-state index contributed by atoms with van der Waals surface area (Å²) >= 11 is 1.85. The van der Waals surface area contributed by atoms with Crippen LogP contribution in [0.4, 0.5) is 0 Å². The van der Waals surface area contributed by atoms with Gasteiger partial charge in [-0.05, 0) is 19.1 Å². The van der Waals surface area contributed by atoms with E-state index in [1.54, 1.807) is 7.05 Å². The molecule has 0 radical (unpaired) electrons. The number of carbonyl (C=O) groups excluding carboxylic acids is 1. The summed E-state index contributed by atoms with van der Waals surface area (Å²) in [5.41, 5.74) is 0. The van der Waals surface area contributed by atoms with E-state index in [9.17, 15) is 4.79 Å². The fraction of sp³-hybridized carbons (Fsp3) is 0.684. The van der Waals surface area contributed by atoms with Crippen molar-refractivity contribution in [3.63, 3.8) is 0 Å². The van der Waals surface area contributed by atoms with Gasteiger partial charge in [-0.2, -0.15) is 0 Å².